The van der Waals surface area contributed by atoms with E-state index in [2.05, 4.69) is 10.6 Å². The zero-order chi connectivity index (χ0) is 21.8. The second kappa shape index (κ2) is 9.22. The number of rotatable bonds is 6. The van der Waals surface area contributed by atoms with Crippen molar-refractivity contribution in [3.8, 4) is 11.5 Å². The fourth-order valence-corrected chi connectivity index (χ4v) is 5.05. The Balaban J connectivity index is 1.64. The summed E-state index contributed by atoms with van der Waals surface area (Å²) in [5.74, 6) is 0.656. The molecule has 0 fully saturated rings. The van der Waals surface area contributed by atoms with E-state index in [0.717, 1.165) is 31.2 Å². The zero-order valence-corrected chi connectivity index (χ0v) is 18.3. The number of aryl methyl sites for hydroxylation is 1. The highest BCUT2D eigenvalue weighted by atomic mass is 32.1. The van der Waals surface area contributed by atoms with E-state index in [1.54, 1.807) is 44.6 Å². The van der Waals surface area contributed by atoms with E-state index >= 15 is 0 Å². The van der Waals surface area contributed by atoms with Gasteiger partial charge < -0.3 is 20.1 Å². The van der Waals surface area contributed by atoms with E-state index < -0.39 is 0 Å². The molecule has 31 heavy (non-hydrogen) atoms. The summed E-state index contributed by atoms with van der Waals surface area (Å²) in [5.41, 5.74) is 2.75. The molecule has 7 heteroatoms. The van der Waals surface area contributed by atoms with Gasteiger partial charge in [-0.25, -0.2) is 0 Å². The molecular formula is C24H24N2O4S. The topological polar surface area (TPSA) is 76.7 Å². The van der Waals surface area contributed by atoms with E-state index in [1.165, 1.54) is 16.2 Å². The first kappa shape index (κ1) is 20.9. The average molecular weight is 437 g/mol. The Hall–Kier alpha value is -3.32. The van der Waals surface area contributed by atoms with Crippen molar-refractivity contribution in [3.05, 3.63) is 70.1 Å². The number of ether oxygens (including phenoxy) is 2. The summed E-state index contributed by atoms with van der Waals surface area (Å²) in [6.45, 7) is 0. The van der Waals surface area contributed by atoms with Crippen molar-refractivity contribution in [1.82, 2.24) is 0 Å². The summed E-state index contributed by atoms with van der Waals surface area (Å²) in [6, 6.07) is 14.2. The normalized spacial score (nSPS) is 12.6. The highest BCUT2D eigenvalue weighted by Crippen LogP contribution is 2.39. The molecule has 3 aromatic rings. The molecule has 0 radical (unpaired) electrons. The van der Waals surface area contributed by atoms with Crippen molar-refractivity contribution < 1.29 is 19.1 Å². The molecule has 6 nitrogen and oxygen atoms in total. The summed E-state index contributed by atoms with van der Waals surface area (Å²) in [4.78, 5) is 27.2. The fraction of sp³-hybridized carbons (Fsp3) is 0.250. The molecule has 160 valence electrons. The predicted molar refractivity (Wildman–Crippen MR) is 123 cm³/mol. The molecule has 0 saturated carbocycles. The Kier molecular flexibility index (Phi) is 6.23. The molecule has 0 saturated heterocycles. The van der Waals surface area contributed by atoms with Crippen molar-refractivity contribution in [2.45, 2.75) is 25.7 Å². The Morgan fingerprint density at radius 3 is 2.35 bits per heavy atom. The molecule has 0 atom stereocenters. The van der Waals surface area contributed by atoms with Gasteiger partial charge in [-0.2, -0.15) is 0 Å². The minimum atomic E-state index is -0.241. The van der Waals surface area contributed by atoms with Gasteiger partial charge in [0, 0.05) is 22.2 Å². The summed E-state index contributed by atoms with van der Waals surface area (Å²) in [5, 5.41) is 6.52. The van der Waals surface area contributed by atoms with Crippen LogP contribution in [0.15, 0.2) is 48.5 Å². The number of hydrogen-bond donors (Lipinski definition) is 2. The minimum absolute atomic E-state index is 0.223. The van der Waals surface area contributed by atoms with E-state index in [0.29, 0.717) is 33.3 Å². The van der Waals surface area contributed by atoms with Crippen LogP contribution in [0, 0.1) is 0 Å². The maximum Gasteiger partial charge on any atom is 0.258 e. The van der Waals surface area contributed by atoms with E-state index in [1.807, 2.05) is 18.2 Å². The quantitative estimate of drug-likeness (QED) is 0.560. The van der Waals surface area contributed by atoms with Gasteiger partial charge in [0.2, 0.25) is 0 Å². The van der Waals surface area contributed by atoms with Crippen LogP contribution in [-0.2, 0) is 12.8 Å². The number of hydrogen-bond acceptors (Lipinski definition) is 5. The second-order valence-electron chi connectivity index (χ2n) is 7.26. The fourth-order valence-electron chi connectivity index (χ4n) is 3.77. The van der Waals surface area contributed by atoms with Gasteiger partial charge >= 0.3 is 0 Å². The smallest absolute Gasteiger partial charge is 0.258 e. The average Bonchev–Trinajstić information content (AvgIpc) is 3.17. The Labute approximate surface area is 185 Å². The number of fused-ring (bicyclic) bond motifs is 1. The molecule has 0 aliphatic heterocycles. The molecule has 2 amide bonds. The van der Waals surface area contributed by atoms with Crippen molar-refractivity contribution in [2.75, 3.05) is 24.9 Å². The first-order valence-corrected chi connectivity index (χ1v) is 11.0. The summed E-state index contributed by atoms with van der Waals surface area (Å²) in [7, 11) is 3.12. The van der Waals surface area contributed by atoms with Crippen LogP contribution < -0.4 is 20.1 Å². The van der Waals surface area contributed by atoms with Gasteiger partial charge in [-0.1, -0.05) is 18.2 Å². The second-order valence-corrected chi connectivity index (χ2v) is 8.36. The van der Waals surface area contributed by atoms with Crippen LogP contribution in [0.25, 0.3) is 0 Å². The lowest BCUT2D eigenvalue weighted by Crippen LogP contribution is -2.18. The standard InChI is InChI=1S/C24H24N2O4S/c1-29-18-13-12-16(14-19(18)30-2)25-23(28)21-17-10-6-7-11-20(17)31-24(21)26-22(27)15-8-4-3-5-9-15/h3-5,8-9,12-14H,6-7,10-11H2,1-2H3,(H,25,28)(H,26,27). The number of thiophene rings is 1. The number of anilines is 2. The van der Waals surface area contributed by atoms with E-state index in [-0.39, 0.29) is 11.8 Å². The Morgan fingerprint density at radius 2 is 1.61 bits per heavy atom. The largest absolute Gasteiger partial charge is 0.493 e. The third-order valence-corrected chi connectivity index (χ3v) is 6.51. The molecule has 2 aromatic carbocycles. The zero-order valence-electron chi connectivity index (χ0n) is 17.5. The minimum Gasteiger partial charge on any atom is -0.493 e. The Bertz CT molecular complexity index is 1110. The lowest BCUT2D eigenvalue weighted by molar-refractivity contribution is 0.102. The predicted octanol–water partition coefficient (Wildman–Crippen LogP) is 5.15. The first-order chi connectivity index (χ1) is 15.1. The summed E-state index contributed by atoms with van der Waals surface area (Å²) in [6.07, 6.45) is 3.89. The number of carbonyl (C=O) groups excluding carboxylic acids is 2. The molecule has 2 N–H and O–H groups in total. The van der Waals surface area contributed by atoms with Gasteiger partial charge in [0.25, 0.3) is 11.8 Å². The van der Waals surface area contributed by atoms with E-state index in [9.17, 15) is 9.59 Å². The van der Waals surface area contributed by atoms with Crippen LogP contribution in [0.2, 0.25) is 0 Å². The number of benzene rings is 2. The lowest BCUT2D eigenvalue weighted by atomic mass is 9.95. The summed E-state index contributed by atoms with van der Waals surface area (Å²) >= 11 is 1.50. The molecule has 1 aliphatic carbocycles. The van der Waals surface area contributed by atoms with Crippen LogP contribution in [-0.4, -0.2) is 26.0 Å². The van der Waals surface area contributed by atoms with Crippen molar-refractivity contribution in [2.24, 2.45) is 0 Å². The molecule has 1 aliphatic rings. The molecule has 4 rings (SSSR count). The van der Waals surface area contributed by atoms with Gasteiger partial charge in [0.1, 0.15) is 5.00 Å². The molecule has 0 unspecified atom stereocenters. The third-order valence-electron chi connectivity index (χ3n) is 5.30. The number of carbonyl (C=O) groups is 2. The van der Waals surface area contributed by atoms with Crippen molar-refractivity contribution >= 4 is 33.8 Å². The molecule has 0 spiro atoms. The van der Waals surface area contributed by atoms with Crippen LogP contribution in [0.4, 0.5) is 10.7 Å². The number of methoxy groups -OCH3 is 2. The highest BCUT2D eigenvalue weighted by Gasteiger charge is 2.27. The SMILES string of the molecule is COc1ccc(NC(=O)c2c(NC(=O)c3ccccc3)sc3c2CCCC3)cc1OC. The van der Waals surface area contributed by atoms with Crippen molar-refractivity contribution in [3.63, 3.8) is 0 Å². The van der Waals surface area contributed by atoms with Gasteiger partial charge in [0.05, 0.1) is 19.8 Å². The highest BCUT2D eigenvalue weighted by molar-refractivity contribution is 7.17. The molecular weight excluding hydrogens is 412 g/mol. The van der Waals surface area contributed by atoms with Crippen molar-refractivity contribution in [1.29, 1.82) is 0 Å². The maximum atomic E-state index is 13.3. The number of amides is 2. The monoisotopic (exact) mass is 436 g/mol. The maximum absolute atomic E-state index is 13.3. The van der Waals surface area contributed by atoms with E-state index in [4.69, 9.17) is 9.47 Å². The molecule has 1 aromatic heterocycles. The lowest BCUT2D eigenvalue weighted by Gasteiger charge is -2.14. The van der Waals surface area contributed by atoms with Gasteiger partial charge in [-0.15, -0.1) is 11.3 Å². The Morgan fingerprint density at radius 1 is 0.871 bits per heavy atom. The van der Waals surface area contributed by atoms with Gasteiger partial charge in [-0.3, -0.25) is 9.59 Å². The van der Waals surface area contributed by atoms with Crippen LogP contribution in [0.1, 0.15) is 44.0 Å². The van der Waals surface area contributed by atoms with Crippen LogP contribution >= 0.6 is 11.3 Å². The first-order valence-electron chi connectivity index (χ1n) is 10.1. The summed E-state index contributed by atoms with van der Waals surface area (Å²) < 4.78 is 10.6. The van der Waals surface area contributed by atoms with Crippen LogP contribution in [0.5, 0.6) is 11.5 Å². The third kappa shape index (κ3) is 4.41. The van der Waals surface area contributed by atoms with Crippen LogP contribution in [0.3, 0.4) is 0 Å². The molecule has 1 heterocycles. The number of nitrogens with one attached hydrogen (secondary N) is 2. The molecule has 0 bridgehead atoms. The van der Waals surface area contributed by atoms with Gasteiger partial charge in [-0.05, 0) is 55.5 Å². The van der Waals surface area contributed by atoms with Gasteiger partial charge in [0.15, 0.2) is 11.5 Å².